The number of hydrogen-bond acceptors (Lipinski definition) is 4. The van der Waals surface area contributed by atoms with E-state index >= 15 is 0 Å². The molecule has 0 radical (unpaired) electrons. The van der Waals surface area contributed by atoms with Gasteiger partial charge in [0.05, 0.1) is 18.7 Å². The molecular weight excluding hydrogens is 320 g/mol. The summed E-state index contributed by atoms with van der Waals surface area (Å²) < 4.78 is 11.8. The molecule has 1 fully saturated rings. The number of benzene rings is 1. The molecule has 2 unspecified atom stereocenters. The molecule has 112 valence electrons. The molecule has 0 aliphatic carbocycles. The number of methoxy groups -OCH3 is 2. The Morgan fingerprint density at radius 2 is 2.05 bits per heavy atom. The van der Waals surface area contributed by atoms with Crippen LogP contribution in [0.15, 0.2) is 16.6 Å². The lowest BCUT2D eigenvalue weighted by Crippen LogP contribution is -2.29. The zero-order chi connectivity index (χ0) is 14.7. The van der Waals surface area contributed by atoms with Crippen molar-refractivity contribution in [3.8, 4) is 11.5 Å². The van der Waals surface area contributed by atoms with E-state index in [1.54, 1.807) is 14.2 Å². The van der Waals surface area contributed by atoms with Gasteiger partial charge in [-0.25, -0.2) is 0 Å². The monoisotopic (exact) mass is 342 g/mol. The third kappa shape index (κ3) is 3.45. The van der Waals surface area contributed by atoms with Crippen LogP contribution < -0.4 is 15.2 Å². The molecule has 0 saturated carbocycles. The smallest absolute Gasteiger partial charge is 0.133 e. The first-order valence-electron chi connectivity index (χ1n) is 6.93. The number of nitrogens with two attached hydrogens (primary N) is 1. The first kappa shape index (κ1) is 15.6. The Labute approximate surface area is 129 Å². The lowest BCUT2D eigenvalue weighted by molar-refractivity contribution is 0.300. The van der Waals surface area contributed by atoms with Crippen LogP contribution in [-0.2, 0) is 6.54 Å². The molecule has 0 bridgehead atoms. The number of rotatable bonds is 5. The molecule has 1 aromatic carbocycles. The van der Waals surface area contributed by atoms with Gasteiger partial charge in [0.25, 0.3) is 0 Å². The van der Waals surface area contributed by atoms with Crippen LogP contribution in [0.1, 0.15) is 18.9 Å². The van der Waals surface area contributed by atoms with Gasteiger partial charge in [-0.3, -0.25) is 4.90 Å². The number of nitrogens with zero attached hydrogens (tertiary/aromatic N) is 1. The Kier molecular flexibility index (Phi) is 5.29. The molecule has 1 saturated heterocycles. The Morgan fingerprint density at radius 1 is 1.35 bits per heavy atom. The number of ether oxygens (including phenoxy) is 2. The van der Waals surface area contributed by atoms with Gasteiger partial charge in [-0.2, -0.15) is 0 Å². The van der Waals surface area contributed by atoms with Crippen LogP contribution in [0.3, 0.4) is 0 Å². The first-order chi connectivity index (χ1) is 9.55. The van der Waals surface area contributed by atoms with E-state index in [0.717, 1.165) is 41.2 Å². The molecule has 2 N–H and O–H groups in total. The van der Waals surface area contributed by atoms with E-state index in [1.807, 2.05) is 12.1 Å². The average molecular weight is 343 g/mol. The van der Waals surface area contributed by atoms with Crippen LogP contribution in [-0.4, -0.2) is 38.3 Å². The molecule has 1 aliphatic heterocycles. The predicted octanol–water partition coefficient (Wildman–Crippen LogP) is 2.64. The maximum atomic E-state index is 6.00. The maximum absolute atomic E-state index is 6.00. The fraction of sp³-hybridized carbons (Fsp3) is 0.600. The van der Waals surface area contributed by atoms with E-state index in [1.165, 1.54) is 6.42 Å². The van der Waals surface area contributed by atoms with E-state index in [-0.39, 0.29) is 6.04 Å². The molecule has 1 aromatic rings. The zero-order valence-corrected chi connectivity index (χ0v) is 13.9. The standard InChI is InChI=1S/C15H23BrN2O2/c1-10(17)11-4-5-18(8-11)9-12-6-15(20-3)13(16)7-14(12)19-2/h6-7,10-11H,4-5,8-9,17H2,1-3H3. The van der Waals surface area contributed by atoms with Gasteiger partial charge in [-0.1, -0.05) is 0 Å². The fourth-order valence-electron chi connectivity index (χ4n) is 2.72. The quantitative estimate of drug-likeness (QED) is 0.893. The molecule has 0 aromatic heterocycles. The van der Waals surface area contributed by atoms with Gasteiger partial charge >= 0.3 is 0 Å². The van der Waals surface area contributed by atoms with E-state index in [0.29, 0.717) is 5.92 Å². The minimum absolute atomic E-state index is 0.265. The molecule has 0 amide bonds. The summed E-state index contributed by atoms with van der Waals surface area (Å²) in [5.41, 5.74) is 7.15. The van der Waals surface area contributed by atoms with Crippen molar-refractivity contribution in [1.82, 2.24) is 4.90 Å². The predicted molar refractivity (Wildman–Crippen MR) is 84.3 cm³/mol. The van der Waals surface area contributed by atoms with Crippen molar-refractivity contribution < 1.29 is 9.47 Å². The average Bonchev–Trinajstić information content (AvgIpc) is 2.89. The summed E-state index contributed by atoms with van der Waals surface area (Å²) in [4.78, 5) is 2.43. The van der Waals surface area contributed by atoms with Crippen LogP contribution in [0.5, 0.6) is 11.5 Å². The Balaban J connectivity index is 2.13. The first-order valence-corrected chi connectivity index (χ1v) is 7.72. The minimum Gasteiger partial charge on any atom is -0.496 e. The number of halogens is 1. The van der Waals surface area contributed by atoms with Crippen molar-refractivity contribution in [1.29, 1.82) is 0 Å². The number of likely N-dealkylation sites (tertiary alicyclic amines) is 1. The van der Waals surface area contributed by atoms with E-state index in [4.69, 9.17) is 15.2 Å². The minimum atomic E-state index is 0.265. The summed E-state index contributed by atoms with van der Waals surface area (Å²) in [7, 11) is 3.38. The highest BCUT2D eigenvalue weighted by atomic mass is 79.9. The van der Waals surface area contributed by atoms with E-state index in [2.05, 4.69) is 27.8 Å². The van der Waals surface area contributed by atoms with Crippen molar-refractivity contribution in [2.75, 3.05) is 27.3 Å². The van der Waals surface area contributed by atoms with Crippen LogP contribution in [0.25, 0.3) is 0 Å². The maximum Gasteiger partial charge on any atom is 0.133 e. The number of hydrogen-bond donors (Lipinski definition) is 1. The molecule has 1 aliphatic rings. The normalized spacial score (nSPS) is 20.9. The highest BCUT2D eigenvalue weighted by Gasteiger charge is 2.26. The van der Waals surface area contributed by atoms with Crippen LogP contribution in [0.2, 0.25) is 0 Å². The van der Waals surface area contributed by atoms with E-state index in [9.17, 15) is 0 Å². The summed E-state index contributed by atoms with van der Waals surface area (Å²) in [5.74, 6) is 2.32. The molecule has 0 spiro atoms. The second-order valence-electron chi connectivity index (χ2n) is 5.44. The topological polar surface area (TPSA) is 47.7 Å². The highest BCUT2D eigenvalue weighted by Crippen LogP contribution is 2.34. The van der Waals surface area contributed by atoms with Gasteiger partial charge in [0.1, 0.15) is 11.5 Å². The van der Waals surface area contributed by atoms with Gasteiger partial charge in [-0.15, -0.1) is 0 Å². The fourth-order valence-corrected chi connectivity index (χ4v) is 3.21. The van der Waals surface area contributed by atoms with Crippen molar-refractivity contribution in [2.24, 2.45) is 11.7 Å². The lowest BCUT2D eigenvalue weighted by Gasteiger charge is -2.20. The van der Waals surface area contributed by atoms with Gasteiger partial charge in [0, 0.05) is 24.7 Å². The summed E-state index contributed by atoms with van der Waals surface area (Å²) in [6.45, 7) is 5.11. The molecule has 4 nitrogen and oxygen atoms in total. The van der Waals surface area contributed by atoms with Crippen molar-refractivity contribution in [2.45, 2.75) is 25.9 Å². The molecule has 5 heteroatoms. The van der Waals surface area contributed by atoms with Crippen molar-refractivity contribution in [3.05, 3.63) is 22.2 Å². The second kappa shape index (κ2) is 6.78. The summed E-state index contributed by atoms with van der Waals surface area (Å²) >= 11 is 3.49. The van der Waals surface area contributed by atoms with Crippen LogP contribution in [0, 0.1) is 5.92 Å². The highest BCUT2D eigenvalue weighted by molar-refractivity contribution is 9.10. The van der Waals surface area contributed by atoms with Gasteiger partial charge in [0.15, 0.2) is 0 Å². The van der Waals surface area contributed by atoms with Gasteiger partial charge in [0.2, 0.25) is 0 Å². The van der Waals surface area contributed by atoms with E-state index < -0.39 is 0 Å². The van der Waals surface area contributed by atoms with Crippen LogP contribution in [0.4, 0.5) is 0 Å². The van der Waals surface area contributed by atoms with Crippen LogP contribution >= 0.6 is 15.9 Å². The van der Waals surface area contributed by atoms with Crippen molar-refractivity contribution >= 4 is 15.9 Å². The second-order valence-corrected chi connectivity index (χ2v) is 6.30. The zero-order valence-electron chi connectivity index (χ0n) is 12.4. The lowest BCUT2D eigenvalue weighted by atomic mass is 10.0. The summed E-state index contributed by atoms with van der Waals surface area (Å²) in [6, 6.07) is 4.27. The third-order valence-corrected chi connectivity index (χ3v) is 4.62. The third-order valence-electron chi connectivity index (χ3n) is 4.00. The summed E-state index contributed by atoms with van der Waals surface area (Å²) in [5, 5.41) is 0. The SMILES string of the molecule is COc1cc(CN2CCC(C(C)N)C2)c(OC)cc1Br. The Hall–Kier alpha value is -0.780. The largest absolute Gasteiger partial charge is 0.496 e. The Bertz CT molecular complexity index is 465. The van der Waals surface area contributed by atoms with Gasteiger partial charge in [-0.05, 0) is 53.9 Å². The van der Waals surface area contributed by atoms with Crippen molar-refractivity contribution in [3.63, 3.8) is 0 Å². The summed E-state index contributed by atoms with van der Waals surface area (Å²) in [6.07, 6.45) is 1.17. The molecule has 20 heavy (non-hydrogen) atoms. The molecule has 2 rings (SSSR count). The molecule has 1 heterocycles. The van der Waals surface area contributed by atoms with Gasteiger partial charge < -0.3 is 15.2 Å². The molecular formula is C15H23BrN2O2. The molecule has 2 atom stereocenters. The Morgan fingerprint density at radius 3 is 2.60 bits per heavy atom.